The third-order valence-electron chi connectivity index (χ3n) is 1.73. The fourth-order valence-electron chi connectivity index (χ4n) is 1.39. The Bertz CT molecular complexity index is 157. The van der Waals surface area contributed by atoms with Gasteiger partial charge in [0.15, 0.2) is 5.96 Å². The number of guanidine groups is 1. The molecule has 1 saturated heterocycles. The van der Waals surface area contributed by atoms with Crippen molar-refractivity contribution in [3.05, 3.63) is 0 Å². The molecular formula is C8H17N3. The smallest absolute Gasteiger partial charge is 0.188 e. The molecule has 11 heavy (non-hydrogen) atoms. The summed E-state index contributed by atoms with van der Waals surface area (Å²) >= 11 is 0. The molecule has 1 unspecified atom stereocenters. The van der Waals surface area contributed by atoms with Crippen molar-refractivity contribution in [2.75, 3.05) is 6.54 Å². The van der Waals surface area contributed by atoms with Gasteiger partial charge in [0.25, 0.3) is 0 Å². The molecule has 0 bridgehead atoms. The van der Waals surface area contributed by atoms with Crippen LogP contribution < -0.4 is 10.6 Å². The molecule has 0 radical (unpaired) electrons. The monoisotopic (exact) mass is 155 g/mol. The first kappa shape index (κ1) is 8.37. The van der Waals surface area contributed by atoms with Crippen molar-refractivity contribution < 1.29 is 0 Å². The number of nitrogens with one attached hydrogen (secondary N) is 3. The summed E-state index contributed by atoms with van der Waals surface area (Å²) in [5, 5.41) is 13.3. The van der Waals surface area contributed by atoms with Crippen molar-refractivity contribution in [1.29, 1.82) is 5.41 Å². The van der Waals surface area contributed by atoms with E-state index in [9.17, 15) is 0 Å². The normalized spacial score (nSPS) is 24.6. The highest BCUT2D eigenvalue weighted by Crippen LogP contribution is 2.21. The number of rotatable bonds is 1. The zero-order valence-electron chi connectivity index (χ0n) is 7.49. The highest BCUT2D eigenvalue weighted by molar-refractivity contribution is 5.78. The van der Waals surface area contributed by atoms with Crippen LogP contribution in [0.4, 0.5) is 0 Å². The van der Waals surface area contributed by atoms with Crippen molar-refractivity contribution in [2.24, 2.45) is 5.41 Å². The van der Waals surface area contributed by atoms with E-state index in [1.54, 1.807) is 0 Å². The van der Waals surface area contributed by atoms with E-state index in [0.29, 0.717) is 17.4 Å². The lowest BCUT2D eigenvalue weighted by molar-refractivity contribution is 0.336. The zero-order valence-corrected chi connectivity index (χ0v) is 7.49. The second kappa shape index (κ2) is 2.72. The molecular weight excluding hydrogens is 138 g/mol. The molecule has 64 valence electrons. The van der Waals surface area contributed by atoms with Gasteiger partial charge in [-0.3, -0.25) is 5.41 Å². The van der Waals surface area contributed by atoms with Crippen molar-refractivity contribution >= 4 is 5.96 Å². The van der Waals surface area contributed by atoms with Gasteiger partial charge in [-0.2, -0.15) is 0 Å². The largest absolute Gasteiger partial charge is 0.355 e. The second-order valence-electron chi connectivity index (χ2n) is 4.36. The van der Waals surface area contributed by atoms with E-state index in [0.717, 1.165) is 13.0 Å². The van der Waals surface area contributed by atoms with Gasteiger partial charge < -0.3 is 10.6 Å². The van der Waals surface area contributed by atoms with E-state index in [1.165, 1.54) is 0 Å². The minimum atomic E-state index is 0.351. The van der Waals surface area contributed by atoms with Crippen LogP contribution in [0.15, 0.2) is 0 Å². The van der Waals surface area contributed by atoms with Crippen molar-refractivity contribution in [3.63, 3.8) is 0 Å². The predicted octanol–water partition coefficient (Wildman–Crippen LogP) is 0.919. The average Bonchev–Trinajstić information content (AvgIpc) is 2.10. The van der Waals surface area contributed by atoms with Crippen LogP contribution in [-0.4, -0.2) is 18.5 Å². The van der Waals surface area contributed by atoms with Gasteiger partial charge in [0.05, 0.1) is 0 Å². The van der Waals surface area contributed by atoms with E-state index in [2.05, 4.69) is 31.4 Å². The predicted molar refractivity (Wildman–Crippen MR) is 46.7 cm³/mol. The van der Waals surface area contributed by atoms with Gasteiger partial charge in [-0.1, -0.05) is 20.8 Å². The van der Waals surface area contributed by atoms with Gasteiger partial charge in [0.1, 0.15) is 0 Å². The fraction of sp³-hybridized carbons (Fsp3) is 0.875. The van der Waals surface area contributed by atoms with E-state index in [1.807, 2.05) is 0 Å². The highest BCUT2D eigenvalue weighted by Gasteiger charge is 2.23. The van der Waals surface area contributed by atoms with Crippen molar-refractivity contribution in [2.45, 2.75) is 33.2 Å². The van der Waals surface area contributed by atoms with Crippen molar-refractivity contribution in [3.8, 4) is 0 Å². The maximum absolute atomic E-state index is 7.26. The molecule has 1 atom stereocenters. The number of hydrogen-bond acceptors (Lipinski definition) is 1. The molecule has 1 rings (SSSR count). The third kappa shape index (κ3) is 2.78. The maximum Gasteiger partial charge on any atom is 0.188 e. The SMILES string of the molecule is CC(C)(C)CC1CNC(=N)N1. The van der Waals surface area contributed by atoms with Crippen LogP contribution in [0.25, 0.3) is 0 Å². The summed E-state index contributed by atoms with van der Waals surface area (Å²) in [5.41, 5.74) is 0.351. The molecule has 1 aliphatic heterocycles. The van der Waals surface area contributed by atoms with E-state index < -0.39 is 0 Å². The number of hydrogen-bond donors (Lipinski definition) is 3. The molecule has 1 fully saturated rings. The van der Waals surface area contributed by atoms with Crippen LogP contribution in [0.1, 0.15) is 27.2 Å². The molecule has 0 aliphatic carbocycles. The summed E-state index contributed by atoms with van der Waals surface area (Å²) in [4.78, 5) is 0. The van der Waals surface area contributed by atoms with Gasteiger partial charge in [-0.25, -0.2) is 0 Å². The van der Waals surface area contributed by atoms with Crippen LogP contribution in [-0.2, 0) is 0 Å². The lowest BCUT2D eigenvalue weighted by atomic mass is 9.88. The highest BCUT2D eigenvalue weighted by atomic mass is 15.2. The first-order valence-electron chi connectivity index (χ1n) is 4.06. The molecule has 3 N–H and O–H groups in total. The van der Waals surface area contributed by atoms with E-state index in [4.69, 9.17) is 5.41 Å². The Balaban J connectivity index is 2.34. The Morgan fingerprint density at radius 3 is 2.55 bits per heavy atom. The van der Waals surface area contributed by atoms with E-state index >= 15 is 0 Å². The van der Waals surface area contributed by atoms with Gasteiger partial charge in [-0.05, 0) is 11.8 Å². The minimum Gasteiger partial charge on any atom is -0.355 e. The molecule has 0 amide bonds. The summed E-state index contributed by atoms with van der Waals surface area (Å²) < 4.78 is 0. The summed E-state index contributed by atoms with van der Waals surface area (Å²) in [6.45, 7) is 7.56. The maximum atomic E-state index is 7.26. The average molecular weight is 155 g/mol. The summed E-state index contributed by atoms with van der Waals surface area (Å²) in [6, 6.07) is 0.447. The standard InChI is InChI=1S/C8H17N3/c1-8(2,3)4-6-5-10-7(9)11-6/h6H,4-5H2,1-3H3,(H3,9,10,11). The summed E-state index contributed by atoms with van der Waals surface area (Å²) in [6.07, 6.45) is 1.11. The van der Waals surface area contributed by atoms with Gasteiger partial charge in [0.2, 0.25) is 0 Å². The second-order valence-corrected chi connectivity index (χ2v) is 4.36. The molecule has 0 spiro atoms. The van der Waals surface area contributed by atoms with Crippen LogP contribution >= 0.6 is 0 Å². The fourth-order valence-corrected chi connectivity index (χ4v) is 1.39. The quantitative estimate of drug-likeness (QED) is 0.527. The Hall–Kier alpha value is -0.730. The Kier molecular flexibility index (Phi) is 2.07. The van der Waals surface area contributed by atoms with Gasteiger partial charge in [0, 0.05) is 12.6 Å². The van der Waals surface area contributed by atoms with Crippen LogP contribution in [0.5, 0.6) is 0 Å². The zero-order chi connectivity index (χ0) is 8.48. The molecule has 3 heteroatoms. The van der Waals surface area contributed by atoms with E-state index in [-0.39, 0.29) is 0 Å². The lowest BCUT2D eigenvalue weighted by Gasteiger charge is -2.21. The minimum absolute atomic E-state index is 0.351. The summed E-state index contributed by atoms with van der Waals surface area (Å²) in [5.74, 6) is 0.472. The molecule has 1 heterocycles. The lowest BCUT2D eigenvalue weighted by Crippen LogP contribution is -2.30. The topological polar surface area (TPSA) is 47.9 Å². The first-order chi connectivity index (χ1) is 4.97. The molecule has 0 aromatic heterocycles. The molecule has 0 aromatic carbocycles. The van der Waals surface area contributed by atoms with Crippen LogP contribution in [0.2, 0.25) is 0 Å². The third-order valence-corrected chi connectivity index (χ3v) is 1.73. The van der Waals surface area contributed by atoms with Crippen molar-refractivity contribution in [1.82, 2.24) is 10.6 Å². The molecule has 0 saturated carbocycles. The Morgan fingerprint density at radius 2 is 2.18 bits per heavy atom. The Labute approximate surface area is 68.1 Å². The van der Waals surface area contributed by atoms with Gasteiger partial charge in [-0.15, -0.1) is 0 Å². The molecule has 3 nitrogen and oxygen atoms in total. The summed E-state index contributed by atoms with van der Waals surface area (Å²) in [7, 11) is 0. The van der Waals surface area contributed by atoms with Gasteiger partial charge >= 0.3 is 0 Å². The molecule has 0 aromatic rings. The van der Waals surface area contributed by atoms with Crippen LogP contribution in [0, 0.1) is 10.8 Å². The van der Waals surface area contributed by atoms with Crippen LogP contribution in [0.3, 0.4) is 0 Å². The first-order valence-corrected chi connectivity index (χ1v) is 4.06. The Morgan fingerprint density at radius 1 is 1.55 bits per heavy atom. The molecule has 1 aliphatic rings.